The molecule has 2 rings (SSSR count). The first kappa shape index (κ1) is 21.8. The van der Waals surface area contributed by atoms with E-state index in [2.05, 4.69) is 10.5 Å². The number of hydrogen-bond acceptors (Lipinski definition) is 4. The van der Waals surface area contributed by atoms with Crippen LogP contribution in [0.3, 0.4) is 0 Å². The maximum Gasteiger partial charge on any atom is 0.250 e. The molecule has 0 unspecified atom stereocenters. The molecular weight excluding hydrogens is 356 g/mol. The molecule has 1 aliphatic rings. The Morgan fingerprint density at radius 3 is 2.07 bits per heavy atom. The Morgan fingerprint density at radius 2 is 1.52 bits per heavy atom. The minimum Gasteiger partial charge on any atom is -0.497 e. The number of methoxy groups -OCH3 is 1. The van der Waals surface area contributed by atoms with Crippen molar-refractivity contribution in [3.63, 3.8) is 0 Å². The topological polar surface area (TPSA) is 50.7 Å². The largest absolute Gasteiger partial charge is 0.497 e. The van der Waals surface area contributed by atoms with Crippen LogP contribution in [0.5, 0.6) is 5.75 Å². The first-order valence-corrected chi connectivity index (χ1v) is 11.5. The number of amides is 1. The van der Waals surface area contributed by atoms with E-state index >= 15 is 0 Å². The minimum atomic E-state index is -0.00729. The van der Waals surface area contributed by atoms with Crippen LogP contribution < -0.4 is 10.2 Å². The molecule has 5 heteroatoms. The average Bonchev–Trinajstić information content (AvgIpc) is 2.68. The number of thioether (sulfide) groups is 1. The van der Waals surface area contributed by atoms with Gasteiger partial charge >= 0.3 is 0 Å². The summed E-state index contributed by atoms with van der Waals surface area (Å²) in [6.07, 6.45) is 13.8. The first-order chi connectivity index (χ1) is 13.3. The van der Waals surface area contributed by atoms with E-state index < -0.39 is 0 Å². The predicted octanol–water partition coefficient (Wildman–Crippen LogP) is 5.71. The second-order valence-corrected chi connectivity index (χ2v) is 8.22. The average molecular weight is 391 g/mol. The van der Waals surface area contributed by atoms with E-state index in [-0.39, 0.29) is 5.91 Å². The van der Waals surface area contributed by atoms with Crippen molar-refractivity contribution in [2.24, 2.45) is 5.10 Å². The molecule has 1 aromatic rings. The molecule has 0 atom stereocenters. The smallest absolute Gasteiger partial charge is 0.250 e. The molecule has 0 bridgehead atoms. The molecule has 0 heterocycles. The highest BCUT2D eigenvalue weighted by molar-refractivity contribution is 7.99. The van der Waals surface area contributed by atoms with E-state index in [9.17, 15) is 4.79 Å². The van der Waals surface area contributed by atoms with Crippen LogP contribution in [0.15, 0.2) is 29.4 Å². The fourth-order valence-corrected chi connectivity index (χ4v) is 4.07. The summed E-state index contributed by atoms with van der Waals surface area (Å²) in [4.78, 5) is 12.1. The summed E-state index contributed by atoms with van der Waals surface area (Å²) in [5.74, 6) is 2.10. The zero-order chi connectivity index (χ0) is 19.2. The Hall–Kier alpha value is -1.49. The van der Waals surface area contributed by atoms with Crippen LogP contribution >= 0.6 is 11.8 Å². The fourth-order valence-electron chi connectivity index (χ4n) is 3.29. The summed E-state index contributed by atoms with van der Waals surface area (Å²) in [5.41, 5.74) is 5.14. The second-order valence-electron chi connectivity index (χ2n) is 7.24. The zero-order valence-corrected chi connectivity index (χ0v) is 17.5. The van der Waals surface area contributed by atoms with Gasteiger partial charge in [0.15, 0.2) is 0 Å². The Kier molecular flexibility index (Phi) is 11.0. The molecule has 0 spiro atoms. The molecule has 0 radical (unpaired) electrons. The molecule has 1 aromatic carbocycles. The third-order valence-corrected chi connectivity index (χ3v) is 5.93. The van der Waals surface area contributed by atoms with Crippen LogP contribution in [0.2, 0.25) is 0 Å². The summed E-state index contributed by atoms with van der Waals surface area (Å²) < 4.78 is 5.16. The van der Waals surface area contributed by atoms with Crippen LogP contribution in [-0.4, -0.2) is 24.5 Å². The molecule has 150 valence electrons. The molecule has 1 N–H and O–H groups in total. The highest BCUT2D eigenvalue weighted by Gasteiger charge is 2.06. The van der Waals surface area contributed by atoms with Gasteiger partial charge in [-0.2, -0.15) is 5.10 Å². The van der Waals surface area contributed by atoms with E-state index in [1.807, 2.05) is 24.3 Å². The summed E-state index contributed by atoms with van der Waals surface area (Å²) in [7, 11) is 1.66. The van der Waals surface area contributed by atoms with Crippen molar-refractivity contribution in [1.82, 2.24) is 5.43 Å². The van der Waals surface area contributed by atoms with Crippen molar-refractivity contribution in [3.8, 4) is 5.75 Å². The van der Waals surface area contributed by atoms with Crippen molar-refractivity contribution >= 4 is 23.4 Å². The van der Waals surface area contributed by atoms with Gasteiger partial charge < -0.3 is 4.74 Å². The molecule has 0 aromatic heterocycles. The summed E-state index contributed by atoms with van der Waals surface area (Å²) >= 11 is 1.61. The third kappa shape index (κ3) is 9.85. The number of hydrazone groups is 1. The van der Waals surface area contributed by atoms with Crippen LogP contribution in [0.25, 0.3) is 0 Å². The number of benzene rings is 1. The highest BCUT2D eigenvalue weighted by atomic mass is 32.2. The lowest BCUT2D eigenvalue weighted by molar-refractivity contribution is -0.118. The van der Waals surface area contributed by atoms with Gasteiger partial charge in [0, 0.05) is 11.5 Å². The Morgan fingerprint density at radius 1 is 0.963 bits per heavy atom. The molecule has 1 saturated carbocycles. The molecule has 4 nitrogen and oxygen atoms in total. The van der Waals surface area contributed by atoms with Crippen molar-refractivity contribution in [2.45, 2.75) is 76.4 Å². The van der Waals surface area contributed by atoms with Crippen molar-refractivity contribution in [3.05, 3.63) is 29.8 Å². The van der Waals surface area contributed by atoms with Crippen LogP contribution in [0, 0.1) is 0 Å². The predicted molar refractivity (Wildman–Crippen MR) is 116 cm³/mol. The van der Waals surface area contributed by atoms with Gasteiger partial charge in [-0.25, -0.2) is 5.43 Å². The third-order valence-electron chi connectivity index (χ3n) is 4.93. The van der Waals surface area contributed by atoms with Gasteiger partial charge in [-0.05, 0) is 43.4 Å². The maximum absolute atomic E-state index is 12.1. The normalized spacial score (nSPS) is 16.7. The van der Waals surface area contributed by atoms with E-state index in [1.165, 1.54) is 69.1 Å². The summed E-state index contributed by atoms with van der Waals surface area (Å²) in [6.45, 7) is 0. The lowest BCUT2D eigenvalue weighted by Gasteiger charge is -2.10. The van der Waals surface area contributed by atoms with Crippen molar-refractivity contribution in [2.75, 3.05) is 12.9 Å². The van der Waals surface area contributed by atoms with Gasteiger partial charge in [0.1, 0.15) is 5.75 Å². The van der Waals surface area contributed by atoms with Gasteiger partial charge in [-0.1, -0.05) is 57.1 Å². The van der Waals surface area contributed by atoms with E-state index in [0.29, 0.717) is 5.75 Å². The molecule has 0 saturated heterocycles. The monoisotopic (exact) mass is 390 g/mol. The number of nitrogens with zero attached hydrogens (tertiary/aromatic N) is 1. The Balaban J connectivity index is 1.70. The van der Waals surface area contributed by atoms with Gasteiger partial charge in [0.2, 0.25) is 5.91 Å². The SMILES string of the molecule is COc1ccc(CSCC(=O)NN=C2CCCCCCCCCCC2)cc1. The van der Waals surface area contributed by atoms with E-state index in [4.69, 9.17) is 4.74 Å². The minimum absolute atomic E-state index is 0.00729. The van der Waals surface area contributed by atoms with Crippen molar-refractivity contribution < 1.29 is 9.53 Å². The second kappa shape index (κ2) is 13.6. The van der Waals surface area contributed by atoms with Crippen LogP contribution in [0.1, 0.15) is 76.2 Å². The Bertz CT molecular complexity index is 558. The molecule has 27 heavy (non-hydrogen) atoms. The number of ether oxygens (including phenoxy) is 1. The molecule has 1 fully saturated rings. The highest BCUT2D eigenvalue weighted by Crippen LogP contribution is 2.17. The Labute approximate surface area is 168 Å². The molecule has 0 aliphatic heterocycles. The van der Waals surface area contributed by atoms with Crippen LogP contribution in [-0.2, 0) is 10.5 Å². The summed E-state index contributed by atoms with van der Waals surface area (Å²) in [5, 5.41) is 4.45. The first-order valence-electron chi connectivity index (χ1n) is 10.3. The van der Waals surface area contributed by atoms with Crippen molar-refractivity contribution in [1.29, 1.82) is 0 Å². The van der Waals surface area contributed by atoms with E-state index in [1.54, 1.807) is 18.9 Å². The number of nitrogens with one attached hydrogen (secondary N) is 1. The van der Waals surface area contributed by atoms with Gasteiger partial charge in [0.25, 0.3) is 0 Å². The number of hydrogen-bond donors (Lipinski definition) is 1. The van der Waals surface area contributed by atoms with Crippen LogP contribution in [0.4, 0.5) is 0 Å². The lowest BCUT2D eigenvalue weighted by atomic mass is 10.00. The number of rotatable bonds is 6. The lowest BCUT2D eigenvalue weighted by Crippen LogP contribution is -2.21. The quantitative estimate of drug-likeness (QED) is 0.633. The van der Waals surface area contributed by atoms with E-state index in [0.717, 1.165) is 24.3 Å². The molecule has 1 amide bonds. The van der Waals surface area contributed by atoms with Gasteiger partial charge in [-0.15, -0.1) is 11.8 Å². The zero-order valence-electron chi connectivity index (χ0n) is 16.7. The standard InChI is InChI=1S/C22H34N2O2S/c1-26-21-15-13-19(14-16-21)17-27-18-22(25)24-23-20-11-9-7-5-3-2-4-6-8-10-12-20/h13-16H,2-12,17-18H2,1H3,(H,24,25). The molecular formula is C22H34N2O2S. The summed E-state index contributed by atoms with van der Waals surface area (Å²) in [6, 6.07) is 7.97. The number of carbonyl (C=O) groups is 1. The number of carbonyl (C=O) groups excluding carboxylic acids is 1. The van der Waals surface area contributed by atoms with Gasteiger partial charge in [0.05, 0.1) is 12.9 Å². The van der Waals surface area contributed by atoms with Gasteiger partial charge in [-0.3, -0.25) is 4.79 Å². The fraction of sp³-hybridized carbons (Fsp3) is 0.636. The molecule has 1 aliphatic carbocycles. The maximum atomic E-state index is 12.1.